The second kappa shape index (κ2) is 9.97. The molecule has 2 aromatic rings. The van der Waals surface area contributed by atoms with Gasteiger partial charge in [0.1, 0.15) is 0 Å². The fourth-order valence-corrected chi connectivity index (χ4v) is 5.91. The normalized spacial score (nSPS) is 23.5. The van der Waals surface area contributed by atoms with Crippen molar-refractivity contribution in [1.82, 2.24) is 15.2 Å². The van der Waals surface area contributed by atoms with Gasteiger partial charge in [0, 0.05) is 47.8 Å². The summed E-state index contributed by atoms with van der Waals surface area (Å²) >= 11 is 3.60. The minimum absolute atomic E-state index is 0.162. The summed E-state index contributed by atoms with van der Waals surface area (Å²) in [6, 6.07) is 4.33. The van der Waals surface area contributed by atoms with Crippen LogP contribution in [0, 0.1) is 19.8 Å². The Morgan fingerprint density at radius 1 is 1.17 bits per heavy atom. The van der Waals surface area contributed by atoms with Crippen molar-refractivity contribution in [2.45, 2.75) is 78.2 Å². The first-order chi connectivity index (χ1) is 16.5. The van der Waals surface area contributed by atoms with Gasteiger partial charge in [-0.2, -0.15) is 0 Å². The van der Waals surface area contributed by atoms with Crippen molar-refractivity contribution < 1.29 is 14.3 Å². The second-order valence-corrected chi connectivity index (χ2v) is 11.1. The minimum atomic E-state index is -0.757. The third kappa shape index (κ3) is 5.00. The van der Waals surface area contributed by atoms with Gasteiger partial charge < -0.3 is 24.7 Å². The lowest BCUT2D eigenvalue weighted by Gasteiger charge is -2.39. The van der Waals surface area contributed by atoms with E-state index in [-0.39, 0.29) is 23.9 Å². The number of hydrogen-bond acceptors (Lipinski definition) is 5. The summed E-state index contributed by atoms with van der Waals surface area (Å²) in [6.07, 6.45) is 5.01. The number of rotatable bonds is 6. The standard InChI is InChI=1S/C27H36BrN3O4/c1-7-17-12-15(2)30-26(33)21(17)14-29-25(32)20-13-22(28)24-23(16(20)3)34-27(4,35-24)18-8-10-19(11-9-18)31(5)6/h12-13,18-19H,7-11,14H2,1-6H3,(H,29,32)(H,30,33). The molecular weight excluding hydrogens is 510 g/mol. The molecule has 190 valence electrons. The number of hydrogen-bond donors (Lipinski definition) is 2. The van der Waals surface area contributed by atoms with E-state index in [1.54, 1.807) is 6.07 Å². The van der Waals surface area contributed by atoms with Gasteiger partial charge in [-0.15, -0.1) is 0 Å². The average Bonchev–Trinajstić information content (AvgIpc) is 3.20. The van der Waals surface area contributed by atoms with Crippen molar-refractivity contribution in [3.63, 3.8) is 0 Å². The molecule has 1 unspecified atom stereocenters. The first kappa shape index (κ1) is 25.8. The molecule has 7 nitrogen and oxygen atoms in total. The number of fused-ring (bicyclic) bond motifs is 1. The largest absolute Gasteiger partial charge is 0.448 e. The lowest BCUT2D eigenvalue weighted by molar-refractivity contribution is -0.123. The van der Waals surface area contributed by atoms with Crippen LogP contribution in [0.15, 0.2) is 21.4 Å². The summed E-state index contributed by atoms with van der Waals surface area (Å²) in [6.45, 7) is 7.92. The van der Waals surface area contributed by atoms with E-state index in [1.165, 1.54) is 0 Å². The Bertz CT molecular complexity index is 1180. The summed E-state index contributed by atoms with van der Waals surface area (Å²) in [7, 11) is 4.27. The van der Waals surface area contributed by atoms with Gasteiger partial charge in [0.2, 0.25) is 0 Å². The average molecular weight is 547 g/mol. The number of pyridine rings is 1. The third-order valence-corrected chi connectivity index (χ3v) is 8.22. The molecule has 0 spiro atoms. The Morgan fingerprint density at radius 3 is 2.46 bits per heavy atom. The maximum atomic E-state index is 13.2. The third-order valence-electron chi connectivity index (χ3n) is 7.63. The molecule has 1 atom stereocenters. The van der Waals surface area contributed by atoms with Gasteiger partial charge in [-0.25, -0.2) is 0 Å². The molecule has 1 aliphatic carbocycles. The summed E-state index contributed by atoms with van der Waals surface area (Å²) in [5.74, 6) is 0.531. The highest BCUT2D eigenvalue weighted by molar-refractivity contribution is 9.10. The summed E-state index contributed by atoms with van der Waals surface area (Å²) in [4.78, 5) is 30.8. The van der Waals surface area contributed by atoms with Crippen LogP contribution >= 0.6 is 15.9 Å². The maximum Gasteiger partial charge on any atom is 0.253 e. The van der Waals surface area contributed by atoms with E-state index in [2.05, 4.69) is 45.2 Å². The van der Waals surface area contributed by atoms with Crippen molar-refractivity contribution in [2.24, 2.45) is 5.92 Å². The molecule has 35 heavy (non-hydrogen) atoms. The van der Waals surface area contributed by atoms with E-state index in [4.69, 9.17) is 9.47 Å². The van der Waals surface area contributed by atoms with Crippen LogP contribution < -0.4 is 20.3 Å². The Balaban J connectivity index is 1.52. The highest BCUT2D eigenvalue weighted by Crippen LogP contribution is 2.51. The molecule has 1 aromatic heterocycles. The molecule has 1 aromatic carbocycles. The minimum Gasteiger partial charge on any atom is -0.448 e. The van der Waals surface area contributed by atoms with E-state index in [9.17, 15) is 9.59 Å². The molecule has 1 aliphatic heterocycles. The van der Waals surface area contributed by atoms with Crippen molar-refractivity contribution in [1.29, 1.82) is 0 Å². The van der Waals surface area contributed by atoms with E-state index >= 15 is 0 Å². The molecule has 1 saturated carbocycles. The smallest absolute Gasteiger partial charge is 0.253 e. The number of nitrogens with one attached hydrogen (secondary N) is 2. The molecule has 0 saturated heterocycles. The van der Waals surface area contributed by atoms with Gasteiger partial charge >= 0.3 is 0 Å². The molecule has 8 heteroatoms. The first-order valence-electron chi connectivity index (χ1n) is 12.4. The number of aromatic amines is 1. The second-order valence-electron chi connectivity index (χ2n) is 10.2. The topological polar surface area (TPSA) is 83.7 Å². The number of aromatic nitrogens is 1. The molecule has 0 bridgehead atoms. The van der Waals surface area contributed by atoms with Crippen LogP contribution in [0.5, 0.6) is 11.5 Å². The number of carbonyl (C=O) groups is 1. The van der Waals surface area contributed by atoms with Crippen molar-refractivity contribution >= 4 is 21.8 Å². The Morgan fingerprint density at radius 2 is 1.83 bits per heavy atom. The number of ether oxygens (including phenoxy) is 2. The number of H-pyrrole nitrogens is 1. The van der Waals surface area contributed by atoms with Gasteiger partial charge in [-0.3, -0.25) is 9.59 Å². The number of nitrogens with zero attached hydrogens (tertiary/aromatic N) is 1. The number of aryl methyl sites for hydroxylation is 2. The van der Waals surface area contributed by atoms with Crippen LogP contribution in [-0.4, -0.2) is 41.7 Å². The van der Waals surface area contributed by atoms with E-state index in [0.717, 1.165) is 48.9 Å². The lowest BCUT2D eigenvalue weighted by Crippen LogP contribution is -2.46. The summed E-state index contributed by atoms with van der Waals surface area (Å²) in [5, 5.41) is 2.93. The quantitative estimate of drug-likeness (QED) is 0.541. The molecule has 2 heterocycles. The number of carbonyl (C=O) groups excluding carboxylic acids is 1. The Hall–Kier alpha value is -2.32. The SMILES string of the molecule is CCc1cc(C)[nH]c(=O)c1CNC(=O)c1cc(Br)c2c(c1C)OC(C)(C1CCC(N(C)C)CC1)O2. The van der Waals surface area contributed by atoms with Gasteiger partial charge in [-0.1, -0.05) is 6.92 Å². The summed E-state index contributed by atoms with van der Waals surface area (Å²) in [5.41, 5.74) is 3.42. The predicted octanol–water partition coefficient (Wildman–Crippen LogP) is 4.85. The molecule has 2 aliphatic rings. The van der Waals surface area contributed by atoms with E-state index in [0.29, 0.717) is 33.1 Å². The van der Waals surface area contributed by atoms with Crippen molar-refractivity contribution in [3.05, 3.63) is 54.9 Å². The van der Waals surface area contributed by atoms with Gasteiger partial charge in [0.25, 0.3) is 17.3 Å². The van der Waals surface area contributed by atoms with Crippen LogP contribution in [-0.2, 0) is 13.0 Å². The van der Waals surface area contributed by atoms with Crippen LogP contribution in [0.3, 0.4) is 0 Å². The fourth-order valence-electron chi connectivity index (χ4n) is 5.42. The Labute approximate surface area is 215 Å². The molecule has 4 rings (SSSR count). The molecule has 0 radical (unpaired) electrons. The first-order valence-corrected chi connectivity index (χ1v) is 13.2. The van der Waals surface area contributed by atoms with Gasteiger partial charge in [0.15, 0.2) is 11.5 Å². The molecule has 2 N–H and O–H groups in total. The molecule has 1 amide bonds. The van der Waals surface area contributed by atoms with Crippen LogP contribution in [0.4, 0.5) is 0 Å². The van der Waals surface area contributed by atoms with Crippen molar-refractivity contribution in [2.75, 3.05) is 14.1 Å². The lowest BCUT2D eigenvalue weighted by atomic mass is 9.81. The number of benzene rings is 1. The Kier molecular flexibility index (Phi) is 7.34. The zero-order valence-corrected chi connectivity index (χ0v) is 23.1. The van der Waals surface area contributed by atoms with Crippen LogP contribution in [0.2, 0.25) is 0 Å². The highest BCUT2D eigenvalue weighted by Gasteiger charge is 2.47. The highest BCUT2D eigenvalue weighted by atomic mass is 79.9. The van der Waals surface area contributed by atoms with Crippen LogP contribution in [0.25, 0.3) is 0 Å². The zero-order chi connectivity index (χ0) is 25.5. The zero-order valence-electron chi connectivity index (χ0n) is 21.5. The van der Waals surface area contributed by atoms with E-state index < -0.39 is 5.79 Å². The maximum absolute atomic E-state index is 13.2. The predicted molar refractivity (Wildman–Crippen MR) is 140 cm³/mol. The van der Waals surface area contributed by atoms with Crippen LogP contribution in [0.1, 0.15) is 72.3 Å². The monoisotopic (exact) mass is 545 g/mol. The fraction of sp³-hybridized carbons (Fsp3) is 0.556. The number of halogens is 1. The number of amides is 1. The molecule has 1 fully saturated rings. The van der Waals surface area contributed by atoms with E-state index in [1.807, 2.05) is 33.8 Å². The molecular formula is C27H36BrN3O4. The van der Waals surface area contributed by atoms with Crippen molar-refractivity contribution in [3.8, 4) is 11.5 Å². The van der Waals surface area contributed by atoms with Gasteiger partial charge in [0.05, 0.1) is 4.47 Å². The summed E-state index contributed by atoms with van der Waals surface area (Å²) < 4.78 is 13.6. The van der Waals surface area contributed by atoms with Gasteiger partial charge in [-0.05, 0) is 93.7 Å².